The first-order valence-electron chi connectivity index (χ1n) is 24.4. The molecule has 78 heavy (non-hydrogen) atoms. The second-order valence-corrected chi connectivity index (χ2v) is 19.1. The highest BCUT2D eigenvalue weighted by Crippen LogP contribution is 2.29. The lowest BCUT2D eigenvalue weighted by atomic mass is 9.96. The van der Waals surface area contributed by atoms with E-state index in [-0.39, 0.29) is 108 Å². The first kappa shape index (κ1) is 56.9. The van der Waals surface area contributed by atoms with Crippen molar-refractivity contribution in [3.8, 4) is 23.1 Å². The number of methoxy groups -OCH3 is 1. The van der Waals surface area contributed by atoms with Crippen molar-refractivity contribution in [3.05, 3.63) is 173 Å². The SMILES string of the molecule is COCCN1OC[C@H](CC(=O)c2ccc(C)c(-n3cnc(OCc4ccc(F)cc4F)c(Cl)c3=O)c2)C1=O.Cc1ccc(C(=O)C[C@@H]2CON(C3CCOCC3)C2=O)cc1-n1cnc(OCc2ccc(F)cc2F)c(Cl)c1=O. The van der Waals surface area contributed by atoms with Crippen LogP contribution in [0.2, 0.25) is 10.0 Å². The Hall–Kier alpha value is -7.34. The van der Waals surface area contributed by atoms with Crippen molar-refractivity contribution < 1.29 is 65.4 Å². The Labute approximate surface area is 452 Å². The molecule has 3 fully saturated rings. The van der Waals surface area contributed by atoms with E-state index in [1.54, 1.807) is 44.2 Å². The van der Waals surface area contributed by atoms with Gasteiger partial charge in [-0.25, -0.2) is 37.7 Å². The fraction of sp³-hybridized carbons (Fsp3) is 0.333. The number of carbonyl (C=O) groups is 4. The molecule has 0 bridgehead atoms. The molecule has 6 aromatic rings. The van der Waals surface area contributed by atoms with Crippen LogP contribution >= 0.6 is 23.2 Å². The Kier molecular flexibility index (Phi) is 18.5. The van der Waals surface area contributed by atoms with Gasteiger partial charge in [-0.2, -0.15) is 0 Å². The van der Waals surface area contributed by atoms with Gasteiger partial charge in [0.15, 0.2) is 21.6 Å². The Bertz CT molecular complexity index is 3380. The van der Waals surface area contributed by atoms with Crippen LogP contribution in [0.4, 0.5) is 17.6 Å². The van der Waals surface area contributed by atoms with Crippen molar-refractivity contribution >= 4 is 46.6 Å². The molecule has 9 rings (SSSR count). The van der Waals surface area contributed by atoms with Gasteiger partial charge >= 0.3 is 0 Å². The molecule has 0 saturated carbocycles. The molecule has 410 valence electrons. The second kappa shape index (κ2) is 25.4. The van der Waals surface area contributed by atoms with Gasteiger partial charge in [-0.1, -0.05) is 47.5 Å². The minimum Gasteiger partial charge on any atom is -0.471 e. The van der Waals surface area contributed by atoms with Gasteiger partial charge in [0, 0.05) is 67.6 Å². The first-order chi connectivity index (χ1) is 37.4. The molecule has 0 radical (unpaired) electrons. The number of hydrogen-bond acceptors (Lipinski definition) is 14. The van der Waals surface area contributed by atoms with Crippen LogP contribution < -0.4 is 20.6 Å². The normalized spacial score (nSPS) is 16.6. The Morgan fingerprint density at radius 3 is 1.60 bits per heavy atom. The van der Waals surface area contributed by atoms with Crippen LogP contribution in [0, 0.1) is 49.0 Å². The highest BCUT2D eigenvalue weighted by atomic mass is 35.5. The molecule has 2 atom stereocenters. The van der Waals surface area contributed by atoms with E-state index in [9.17, 15) is 46.3 Å². The van der Waals surface area contributed by atoms with Crippen LogP contribution in [-0.4, -0.2) is 105 Å². The van der Waals surface area contributed by atoms with Crippen molar-refractivity contribution in [1.82, 2.24) is 29.2 Å². The summed E-state index contributed by atoms with van der Waals surface area (Å²) in [5.74, 6) is -5.79. The molecule has 3 aliphatic rings. The Morgan fingerprint density at radius 1 is 0.654 bits per heavy atom. The van der Waals surface area contributed by atoms with Gasteiger partial charge in [-0.3, -0.25) is 47.6 Å². The Morgan fingerprint density at radius 2 is 1.13 bits per heavy atom. The van der Waals surface area contributed by atoms with Crippen LogP contribution in [0.1, 0.15) is 68.7 Å². The van der Waals surface area contributed by atoms with Gasteiger partial charge < -0.3 is 18.9 Å². The van der Waals surface area contributed by atoms with Crippen LogP contribution in [0.5, 0.6) is 11.8 Å². The number of aryl methyl sites for hydroxylation is 2. The number of Topliss-reactive ketones (excluding diaryl/α,β-unsaturated/α-hetero) is 2. The molecule has 0 unspecified atom stereocenters. The number of rotatable bonds is 18. The van der Waals surface area contributed by atoms with Crippen molar-refractivity contribution in [2.24, 2.45) is 11.8 Å². The molecule has 4 aromatic carbocycles. The maximum Gasteiger partial charge on any atom is 0.280 e. The van der Waals surface area contributed by atoms with Crippen molar-refractivity contribution in [1.29, 1.82) is 0 Å². The summed E-state index contributed by atoms with van der Waals surface area (Å²) in [4.78, 5) is 96.8. The fourth-order valence-electron chi connectivity index (χ4n) is 8.57. The number of aromatic nitrogens is 4. The van der Waals surface area contributed by atoms with Gasteiger partial charge in [0.2, 0.25) is 11.8 Å². The van der Waals surface area contributed by atoms with E-state index in [2.05, 4.69) is 9.97 Å². The average Bonchev–Trinajstić information content (AvgIpc) is 3.98. The van der Waals surface area contributed by atoms with E-state index in [0.29, 0.717) is 66.3 Å². The molecule has 0 spiro atoms. The monoisotopic (exact) mass is 1120 g/mol. The number of hydrogen-bond donors (Lipinski definition) is 0. The van der Waals surface area contributed by atoms with Crippen molar-refractivity contribution in [2.45, 2.75) is 58.8 Å². The quantitative estimate of drug-likeness (QED) is 0.0595. The van der Waals surface area contributed by atoms with Gasteiger partial charge in [0.1, 0.15) is 49.1 Å². The van der Waals surface area contributed by atoms with Crippen molar-refractivity contribution in [3.63, 3.8) is 0 Å². The molecule has 18 nitrogen and oxygen atoms in total. The molecule has 2 amide bonds. The molecule has 0 N–H and O–H groups in total. The van der Waals surface area contributed by atoms with Gasteiger partial charge in [-0.05, 0) is 74.2 Å². The third kappa shape index (κ3) is 13.1. The largest absolute Gasteiger partial charge is 0.471 e. The van der Waals surface area contributed by atoms with E-state index < -0.39 is 46.2 Å². The highest BCUT2D eigenvalue weighted by molar-refractivity contribution is 6.32. The van der Waals surface area contributed by atoms with E-state index in [1.165, 1.54) is 52.7 Å². The topological polar surface area (TPSA) is 200 Å². The number of amides is 2. The number of halogens is 6. The smallest absolute Gasteiger partial charge is 0.280 e. The zero-order chi connectivity index (χ0) is 55.8. The molecule has 0 aliphatic carbocycles. The fourth-order valence-corrected chi connectivity index (χ4v) is 8.95. The summed E-state index contributed by atoms with van der Waals surface area (Å²) in [5.41, 5.74) is 1.47. The van der Waals surface area contributed by atoms with E-state index in [1.807, 2.05) is 0 Å². The van der Waals surface area contributed by atoms with Crippen molar-refractivity contribution in [2.75, 3.05) is 46.7 Å². The average molecular weight is 1120 g/mol. The first-order valence-corrected chi connectivity index (χ1v) is 25.1. The molecule has 3 aliphatic heterocycles. The summed E-state index contributed by atoms with van der Waals surface area (Å²) >= 11 is 12.4. The predicted molar refractivity (Wildman–Crippen MR) is 272 cm³/mol. The molecule has 5 heterocycles. The lowest BCUT2D eigenvalue weighted by molar-refractivity contribution is -0.181. The maximum atomic E-state index is 13.9. The zero-order valence-electron chi connectivity index (χ0n) is 42.2. The van der Waals surface area contributed by atoms with E-state index in [4.69, 9.17) is 51.8 Å². The number of nitrogens with zero attached hydrogens (tertiary/aromatic N) is 6. The summed E-state index contributed by atoms with van der Waals surface area (Å²) < 4.78 is 77.5. The Balaban J connectivity index is 0.000000206. The molecule has 3 saturated heterocycles. The number of ether oxygens (including phenoxy) is 4. The van der Waals surface area contributed by atoms with Crippen LogP contribution in [0.3, 0.4) is 0 Å². The molecule has 2 aromatic heterocycles. The van der Waals surface area contributed by atoms with Crippen LogP contribution in [0.15, 0.2) is 95.0 Å². The second-order valence-electron chi connectivity index (χ2n) is 18.3. The summed E-state index contributed by atoms with van der Waals surface area (Å²) in [6, 6.07) is 15.7. The highest BCUT2D eigenvalue weighted by Gasteiger charge is 2.39. The summed E-state index contributed by atoms with van der Waals surface area (Å²) in [7, 11) is 1.51. The zero-order valence-corrected chi connectivity index (χ0v) is 43.7. The lowest BCUT2D eigenvalue weighted by Crippen LogP contribution is -2.40. The molecular weight excluding hydrogens is 1070 g/mol. The third-order valence-corrected chi connectivity index (χ3v) is 13.6. The third-order valence-electron chi connectivity index (χ3n) is 13.0. The number of ketones is 2. The van der Waals surface area contributed by atoms with E-state index in [0.717, 1.165) is 28.8 Å². The van der Waals surface area contributed by atoms with Gasteiger partial charge in [-0.15, -0.1) is 0 Å². The molecular formula is C54H50Cl2F4N6O12. The maximum absolute atomic E-state index is 13.9. The van der Waals surface area contributed by atoms with Crippen LogP contribution in [-0.2, 0) is 42.0 Å². The van der Waals surface area contributed by atoms with E-state index >= 15 is 0 Å². The van der Waals surface area contributed by atoms with Gasteiger partial charge in [0.25, 0.3) is 22.9 Å². The minimum atomic E-state index is -0.805. The minimum absolute atomic E-state index is 0.0400. The summed E-state index contributed by atoms with van der Waals surface area (Å²) in [6.07, 6.45) is 3.65. The lowest BCUT2D eigenvalue weighted by Gasteiger charge is -2.29. The predicted octanol–water partition coefficient (Wildman–Crippen LogP) is 7.85. The number of benzene rings is 4. The van der Waals surface area contributed by atoms with Crippen LogP contribution in [0.25, 0.3) is 11.4 Å². The standard InChI is InChI=1S/C28H26ClF2N3O6.C26H24ClF2N3O6/c1-16-2-3-17(24(35)11-19-14-40-34(27(19)36)21-6-8-38-9-7-21)10-23(16)33-15-32-26(25(29)28(33)37)39-13-18-4-5-20(30)12-22(18)31;1-15-3-4-16(22(33)10-18-13-38-32(25(18)34)7-8-36-2)9-21(15)31-14-30-24(23(27)26(31)35)37-12-17-5-6-19(28)11-20(17)29/h2-5,10,12,15,19,21H,6-9,11,13-14H2,1H3;3-6,9,11,14,18H,7-8,10,12-13H2,1-2H3/t19-;18-/m10/s1. The van der Waals surface area contributed by atoms with Gasteiger partial charge in [0.05, 0.1) is 55.6 Å². The number of carbonyl (C=O) groups excluding carboxylic acids is 4. The molecule has 24 heteroatoms. The summed E-state index contributed by atoms with van der Waals surface area (Å²) in [6.45, 7) is 4.78. The number of hydroxylamine groups is 4. The summed E-state index contributed by atoms with van der Waals surface area (Å²) in [5, 5.41) is 1.89.